The number of nitro groups is 1. The number of likely N-dealkylation sites (tertiary alicyclic amines) is 1. The SMILES string of the molecule is O=C(C=Cc1ccc([N+](=O)[O-])cc1)N1CCCC(c2nc(-c3cccc(Cl)c3)no2)C1. The van der Waals surface area contributed by atoms with Crippen LogP contribution in [-0.2, 0) is 4.79 Å². The Kier molecular flexibility index (Phi) is 6.08. The molecule has 1 saturated heterocycles. The van der Waals surface area contributed by atoms with Crippen molar-refractivity contribution in [2.24, 2.45) is 0 Å². The van der Waals surface area contributed by atoms with Gasteiger partial charge in [0.05, 0.1) is 10.8 Å². The molecule has 3 aromatic rings. The number of benzene rings is 2. The summed E-state index contributed by atoms with van der Waals surface area (Å²) in [6, 6.07) is 13.3. The summed E-state index contributed by atoms with van der Waals surface area (Å²) in [6.45, 7) is 1.13. The fourth-order valence-corrected chi connectivity index (χ4v) is 3.70. The zero-order valence-electron chi connectivity index (χ0n) is 16.5. The molecule has 8 nitrogen and oxygen atoms in total. The van der Waals surface area contributed by atoms with Gasteiger partial charge in [0.2, 0.25) is 17.6 Å². The number of amides is 1. The highest BCUT2D eigenvalue weighted by Crippen LogP contribution is 2.28. The molecule has 1 unspecified atom stereocenters. The Labute approximate surface area is 183 Å². The Morgan fingerprint density at radius 1 is 1.26 bits per heavy atom. The van der Waals surface area contributed by atoms with E-state index in [9.17, 15) is 14.9 Å². The van der Waals surface area contributed by atoms with Gasteiger partial charge in [-0.25, -0.2) is 0 Å². The van der Waals surface area contributed by atoms with Gasteiger partial charge in [-0.05, 0) is 48.7 Å². The Morgan fingerprint density at radius 2 is 2.06 bits per heavy atom. The molecule has 0 aliphatic carbocycles. The second-order valence-electron chi connectivity index (χ2n) is 7.27. The first kappa shape index (κ1) is 20.7. The number of hydrogen-bond acceptors (Lipinski definition) is 6. The molecule has 2 aromatic carbocycles. The van der Waals surface area contributed by atoms with Crippen LogP contribution in [0.25, 0.3) is 17.5 Å². The molecule has 1 fully saturated rings. The highest BCUT2D eigenvalue weighted by atomic mass is 35.5. The molecule has 0 saturated carbocycles. The maximum atomic E-state index is 12.6. The summed E-state index contributed by atoms with van der Waals surface area (Å²) in [5.74, 6) is 0.814. The predicted octanol–water partition coefficient (Wildman–Crippen LogP) is 4.72. The summed E-state index contributed by atoms with van der Waals surface area (Å²) in [5, 5.41) is 15.4. The molecule has 0 bridgehead atoms. The van der Waals surface area contributed by atoms with E-state index >= 15 is 0 Å². The molecule has 158 valence electrons. The molecule has 31 heavy (non-hydrogen) atoms. The van der Waals surface area contributed by atoms with Gasteiger partial charge in [0.15, 0.2) is 0 Å². The van der Waals surface area contributed by atoms with E-state index in [4.69, 9.17) is 16.1 Å². The normalized spacial score (nSPS) is 16.5. The number of hydrogen-bond donors (Lipinski definition) is 0. The van der Waals surface area contributed by atoms with Crippen molar-refractivity contribution in [1.82, 2.24) is 15.0 Å². The summed E-state index contributed by atoms with van der Waals surface area (Å²) in [7, 11) is 0. The topological polar surface area (TPSA) is 102 Å². The van der Waals surface area contributed by atoms with Crippen molar-refractivity contribution in [2.45, 2.75) is 18.8 Å². The van der Waals surface area contributed by atoms with Crippen LogP contribution in [0.4, 0.5) is 5.69 Å². The van der Waals surface area contributed by atoms with Gasteiger partial charge in [-0.1, -0.05) is 28.9 Å². The highest BCUT2D eigenvalue weighted by molar-refractivity contribution is 6.30. The molecule has 4 rings (SSSR count). The van der Waals surface area contributed by atoms with Crippen molar-refractivity contribution >= 4 is 29.3 Å². The summed E-state index contributed by atoms with van der Waals surface area (Å²) >= 11 is 6.03. The molecular weight excluding hydrogens is 420 g/mol. The maximum Gasteiger partial charge on any atom is 0.269 e. The van der Waals surface area contributed by atoms with Crippen molar-refractivity contribution in [1.29, 1.82) is 0 Å². The average Bonchev–Trinajstić information content (AvgIpc) is 3.28. The molecule has 1 amide bonds. The van der Waals surface area contributed by atoms with E-state index in [1.807, 2.05) is 12.1 Å². The van der Waals surface area contributed by atoms with Crippen LogP contribution in [0.5, 0.6) is 0 Å². The second-order valence-corrected chi connectivity index (χ2v) is 7.71. The molecule has 1 aliphatic heterocycles. The first-order chi connectivity index (χ1) is 15.0. The van der Waals surface area contributed by atoms with E-state index in [1.165, 1.54) is 18.2 Å². The Balaban J connectivity index is 1.41. The van der Waals surface area contributed by atoms with E-state index in [2.05, 4.69) is 10.1 Å². The average molecular weight is 439 g/mol. The maximum absolute atomic E-state index is 12.6. The van der Waals surface area contributed by atoms with Crippen LogP contribution in [0.1, 0.15) is 30.2 Å². The largest absolute Gasteiger partial charge is 0.339 e. The van der Waals surface area contributed by atoms with Crippen LogP contribution in [0, 0.1) is 10.1 Å². The minimum atomic E-state index is -0.456. The Morgan fingerprint density at radius 3 is 2.81 bits per heavy atom. The summed E-state index contributed by atoms with van der Waals surface area (Å²) in [6.07, 6.45) is 4.82. The summed E-state index contributed by atoms with van der Waals surface area (Å²) < 4.78 is 5.47. The van der Waals surface area contributed by atoms with Crippen molar-refractivity contribution in [3.05, 3.63) is 81.2 Å². The number of halogens is 1. The zero-order valence-corrected chi connectivity index (χ0v) is 17.2. The van der Waals surface area contributed by atoms with E-state index in [1.54, 1.807) is 35.2 Å². The van der Waals surface area contributed by atoms with Crippen LogP contribution in [0.2, 0.25) is 5.02 Å². The first-order valence-corrected chi connectivity index (χ1v) is 10.2. The van der Waals surface area contributed by atoms with Crippen molar-refractivity contribution < 1.29 is 14.2 Å². The van der Waals surface area contributed by atoms with E-state index in [0.717, 1.165) is 24.0 Å². The third-order valence-electron chi connectivity index (χ3n) is 5.13. The van der Waals surface area contributed by atoms with E-state index in [0.29, 0.717) is 29.8 Å². The van der Waals surface area contributed by atoms with Crippen LogP contribution in [0.15, 0.2) is 59.1 Å². The molecule has 1 aromatic heterocycles. The quantitative estimate of drug-likeness (QED) is 0.324. The number of carbonyl (C=O) groups is 1. The van der Waals surface area contributed by atoms with Gasteiger partial charge in [-0.3, -0.25) is 14.9 Å². The number of aromatic nitrogens is 2. The molecule has 9 heteroatoms. The van der Waals surface area contributed by atoms with Gasteiger partial charge < -0.3 is 9.42 Å². The predicted molar refractivity (Wildman–Crippen MR) is 115 cm³/mol. The van der Waals surface area contributed by atoms with Crippen molar-refractivity contribution in [3.8, 4) is 11.4 Å². The molecule has 0 radical (unpaired) electrons. The number of non-ortho nitro benzene ring substituents is 1. The van der Waals surface area contributed by atoms with Crippen LogP contribution >= 0.6 is 11.6 Å². The fraction of sp³-hybridized carbons (Fsp3) is 0.227. The lowest BCUT2D eigenvalue weighted by atomic mass is 9.98. The molecular formula is C22H19ClN4O4. The third-order valence-corrected chi connectivity index (χ3v) is 5.36. The van der Waals surface area contributed by atoms with Crippen LogP contribution in [-0.4, -0.2) is 39.0 Å². The Bertz CT molecular complexity index is 1130. The summed E-state index contributed by atoms with van der Waals surface area (Å²) in [5.41, 5.74) is 1.51. The Hall–Kier alpha value is -3.52. The lowest BCUT2D eigenvalue weighted by molar-refractivity contribution is -0.384. The van der Waals surface area contributed by atoms with Gasteiger partial charge in [-0.15, -0.1) is 0 Å². The number of nitro benzene ring substituents is 1. The zero-order chi connectivity index (χ0) is 21.8. The number of piperidine rings is 1. The van der Waals surface area contributed by atoms with Crippen LogP contribution in [0.3, 0.4) is 0 Å². The van der Waals surface area contributed by atoms with Gasteiger partial charge in [0, 0.05) is 41.9 Å². The molecule has 0 spiro atoms. The minimum absolute atomic E-state index is 0.0130. The lowest BCUT2D eigenvalue weighted by Gasteiger charge is -2.30. The fourth-order valence-electron chi connectivity index (χ4n) is 3.50. The molecule has 2 heterocycles. The number of carbonyl (C=O) groups excluding carboxylic acids is 1. The minimum Gasteiger partial charge on any atom is -0.339 e. The van der Waals surface area contributed by atoms with Crippen molar-refractivity contribution in [2.75, 3.05) is 13.1 Å². The lowest BCUT2D eigenvalue weighted by Crippen LogP contribution is -2.38. The van der Waals surface area contributed by atoms with E-state index in [-0.39, 0.29) is 17.5 Å². The number of rotatable bonds is 5. The van der Waals surface area contributed by atoms with Gasteiger partial charge in [-0.2, -0.15) is 4.98 Å². The standard InChI is InChI=1S/C22H19ClN4O4/c23-18-5-1-3-16(13-18)21-24-22(31-25-21)17-4-2-12-26(14-17)20(28)11-8-15-6-9-19(10-7-15)27(29)30/h1,3,5-11,13,17H,2,4,12,14H2. The van der Waals surface area contributed by atoms with Gasteiger partial charge in [0.25, 0.3) is 5.69 Å². The monoisotopic (exact) mass is 438 g/mol. The first-order valence-electron chi connectivity index (χ1n) is 9.80. The van der Waals surface area contributed by atoms with Gasteiger partial charge in [0.1, 0.15) is 0 Å². The van der Waals surface area contributed by atoms with Crippen molar-refractivity contribution in [3.63, 3.8) is 0 Å². The smallest absolute Gasteiger partial charge is 0.269 e. The summed E-state index contributed by atoms with van der Waals surface area (Å²) in [4.78, 5) is 29.2. The van der Waals surface area contributed by atoms with Gasteiger partial charge >= 0.3 is 0 Å². The highest BCUT2D eigenvalue weighted by Gasteiger charge is 2.28. The molecule has 1 atom stereocenters. The number of nitrogens with zero attached hydrogens (tertiary/aromatic N) is 4. The second kappa shape index (κ2) is 9.09. The third kappa shape index (κ3) is 4.97. The molecule has 1 aliphatic rings. The van der Waals surface area contributed by atoms with E-state index < -0.39 is 4.92 Å². The van der Waals surface area contributed by atoms with Crippen LogP contribution < -0.4 is 0 Å². The molecule has 0 N–H and O–H groups in total.